The van der Waals surface area contributed by atoms with Gasteiger partial charge in [-0.05, 0) is 11.6 Å². The number of benzene rings is 1. The average Bonchev–Trinajstić information content (AvgIpc) is 2.65. The molecule has 4 nitrogen and oxygen atoms in total. The minimum Gasteiger partial charge on any atom is -0.368 e. The van der Waals surface area contributed by atoms with E-state index in [0.717, 1.165) is 12.1 Å². The maximum Gasteiger partial charge on any atom is 0.237 e. The van der Waals surface area contributed by atoms with E-state index in [1.807, 2.05) is 29.0 Å². The Morgan fingerprint density at radius 3 is 2.78 bits per heavy atom. The van der Waals surface area contributed by atoms with Crippen LogP contribution in [0.4, 0.5) is 0 Å². The van der Waals surface area contributed by atoms with E-state index < -0.39 is 0 Å². The summed E-state index contributed by atoms with van der Waals surface area (Å²) in [4.78, 5) is 11.1. The van der Waals surface area contributed by atoms with Gasteiger partial charge in [-0.1, -0.05) is 32.0 Å². The van der Waals surface area contributed by atoms with Crippen molar-refractivity contribution in [2.24, 2.45) is 5.73 Å². The summed E-state index contributed by atoms with van der Waals surface area (Å²) in [7, 11) is 0. The summed E-state index contributed by atoms with van der Waals surface area (Å²) >= 11 is 0. The fourth-order valence-corrected chi connectivity index (χ4v) is 2.08. The molecular formula is C14H19N3O. The summed E-state index contributed by atoms with van der Waals surface area (Å²) in [6.07, 6.45) is 2.00. The lowest BCUT2D eigenvalue weighted by Gasteiger charge is -2.06. The molecule has 0 unspecified atom stereocenters. The molecule has 1 aromatic heterocycles. The second-order valence-corrected chi connectivity index (χ2v) is 4.80. The summed E-state index contributed by atoms with van der Waals surface area (Å²) in [5, 5.41) is 4.56. The molecule has 0 saturated heterocycles. The van der Waals surface area contributed by atoms with Crippen LogP contribution in [0.5, 0.6) is 0 Å². The van der Waals surface area contributed by atoms with Crippen LogP contribution in [0.25, 0.3) is 10.9 Å². The molecule has 4 heteroatoms. The van der Waals surface area contributed by atoms with Gasteiger partial charge >= 0.3 is 0 Å². The lowest BCUT2D eigenvalue weighted by molar-refractivity contribution is -0.118. The van der Waals surface area contributed by atoms with Crippen molar-refractivity contribution in [3.8, 4) is 0 Å². The summed E-state index contributed by atoms with van der Waals surface area (Å²) in [6.45, 7) is 5.25. The minimum absolute atomic E-state index is 0.224. The molecule has 1 heterocycles. The number of rotatable bonds is 5. The Morgan fingerprint density at radius 2 is 2.11 bits per heavy atom. The molecule has 18 heavy (non-hydrogen) atoms. The second-order valence-electron chi connectivity index (χ2n) is 4.80. The molecule has 0 spiro atoms. The standard InChI is InChI=1S/C14H19N3O/c1-10(2)16-7-11-8-17(9-14(15)18)13-6-4-3-5-12(11)13/h3-6,8,10,16H,7,9H2,1-2H3,(H2,15,18). The number of hydrogen-bond acceptors (Lipinski definition) is 2. The number of primary amides is 1. The Kier molecular flexibility index (Phi) is 3.67. The van der Waals surface area contributed by atoms with Crippen molar-refractivity contribution in [2.45, 2.75) is 33.0 Å². The fraction of sp³-hybridized carbons (Fsp3) is 0.357. The normalized spacial score (nSPS) is 11.3. The molecule has 0 saturated carbocycles. The lowest BCUT2D eigenvalue weighted by Crippen LogP contribution is -2.21. The van der Waals surface area contributed by atoms with Crippen LogP contribution in [0.1, 0.15) is 19.4 Å². The SMILES string of the molecule is CC(C)NCc1cn(CC(N)=O)c2ccccc12. The van der Waals surface area contributed by atoms with Crippen LogP contribution in [0.3, 0.4) is 0 Å². The van der Waals surface area contributed by atoms with Gasteiger partial charge in [0.2, 0.25) is 5.91 Å². The number of hydrogen-bond donors (Lipinski definition) is 2. The maximum atomic E-state index is 11.1. The summed E-state index contributed by atoms with van der Waals surface area (Å²) < 4.78 is 1.91. The first-order chi connectivity index (χ1) is 8.58. The van der Waals surface area contributed by atoms with E-state index >= 15 is 0 Å². The van der Waals surface area contributed by atoms with Crippen LogP contribution in [0.2, 0.25) is 0 Å². The van der Waals surface area contributed by atoms with Crippen LogP contribution in [-0.2, 0) is 17.9 Å². The molecule has 0 atom stereocenters. The summed E-state index contributed by atoms with van der Waals surface area (Å²) in [5.41, 5.74) is 7.52. The maximum absolute atomic E-state index is 11.1. The number of nitrogens with two attached hydrogens (primary N) is 1. The first kappa shape index (κ1) is 12.6. The molecule has 2 aromatic rings. The molecule has 0 aliphatic carbocycles. The van der Waals surface area contributed by atoms with Crippen LogP contribution in [0, 0.1) is 0 Å². The zero-order chi connectivity index (χ0) is 13.1. The average molecular weight is 245 g/mol. The third kappa shape index (κ3) is 2.71. The lowest BCUT2D eigenvalue weighted by atomic mass is 10.2. The first-order valence-electron chi connectivity index (χ1n) is 6.16. The Hall–Kier alpha value is -1.81. The molecule has 0 aliphatic heterocycles. The van der Waals surface area contributed by atoms with Crippen molar-refractivity contribution in [3.05, 3.63) is 36.0 Å². The van der Waals surface area contributed by atoms with E-state index in [9.17, 15) is 4.79 Å². The molecule has 1 aromatic carbocycles. The van der Waals surface area contributed by atoms with Crippen LogP contribution in [0.15, 0.2) is 30.5 Å². The topological polar surface area (TPSA) is 60.1 Å². The molecule has 3 N–H and O–H groups in total. The molecule has 0 bridgehead atoms. The van der Waals surface area contributed by atoms with Gasteiger partial charge < -0.3 is 15.6 Å². The monoisotopic (exact) mass is 245 g/mol. The van der Waals surface area contributed by atoms with E-state index in [4.69, 9.17) is 5.73 Å². The molecular weight excluding hydrogens is 226 g/mol. The smallest absolute Gasteiger partial charge is 0.237 e. The predicted molar refractivity (Wildman–Crippen MR) is 73.1 cm³/mol. The van der Waals surface area contributed by atoms with Gasteiger partial charge in [-0.25, -0.2) is 0 Å². The van der Waals surface area contributed by atoms with E-state index in [-0.39, 0.29) is 12.5 Å². The second kappa shape index (κ2) is 5.23. The zero-order valence-electron chi connectivity index (χ0n) is 10.8. The Morgan fingerprint density at radius 1 is 1.39 bits per heavy atom. The van der Waals surface area contributed by atoms with Gasteiger partial charge in [-0.3, -0.25) is 4.79 Å². The third-order valence-corrected chi connectivity index (χ3v) is 2.90. The zero-order valence-corrected chi connectivity index (χ0v) is 10.8. The van der Waals surface area contributed by atoms with Crippen molar-refractivity contribution in [1.29, 1.82) is 0 Å². The number of carbonyl (C=O) groups excluding carboxylic acids is 1. The highest BCUT2D eigenvalue weighted by molar-refractivity contribution is 5.85. The van der Waals surface area contributed by atoms with E-state index in [1.54, 1.807) is 0 Å². The highest BCUT2D eigenvalue weighted by Gasteiger charge is 2.09. The van der Waals surface area contributed by atoms with Gasteiger partial charge in [-0.15, -0.1) is 0 Å². The van der Waals surface area contributed by atoms with E-state index in [0.29, 0.717) is 6.04 Å². The number of para-hydroxylation sites is 1. The van der Waals surface area contributed by atoms with Crippen LogP contribution >= 0.6 is 0 Å². The van der Waals surface area contributed by atoms with Gasteiger partial charge in [0.05, 0.1) is 0 Å². The molecule has 0 aliphatic rings. The van der Waals surface area contributed by atoms with Crippen molar-refractivity contribution >= 4 is 16.8 Å². The van der Waals surface area contributed by atoms with E-state index in [2.05, 4.69) is 25.2 Å². The fourth-order valence-electron chi connectivity index (χ4n) is 2.08. The predicted octanol–water partition coefficient (Wildman–Crippen LogP) is 1.62. The van der Waals surface area contributed by atoms with Gasteiger partial charge in [0.25, 0.3) is 0 Å². The van der Waals surface area contributed by atoms with Crippen molar-refractivity contribution in [1.82, 2.24) is 9.88 Å². The highest BCUT2D eigenvalue weighted by Crippen LogP contribution is 2.21. The molecule has 96 valence electrons. The van der Waals surface area contributed by atoms with Crippen LogP contribution in [-0.4, -0.2) is 16.5 Å². The number of carbonyl (C=O) groups is 1. The molecule has 0 radical (unpaired) electrons. The van der Waals surface area contributed by atoms with Crippen molar-refractivity contribution in [3.63, 3.8) is 0 Å². The summed E-state index contributed by atoms with van der Waals surface area (Å²) in [5.74, 6) is -0.320. The largest absolute Gasteiger partial charge is 0.368 e. The Labute approximate surface area is 107 Å². The van der Waals surface area contributed by atoms with Crippen molar-refractivity contribution in [2.75, 3.05) is 0 Å². The third-order valence-electron chi connectivity index (χ3n) is 2.90. The summed E-state index contributed by atoms with van der Waals surface area (Å²) in [6, 6.07) is 8.50. The Balaban J connectivity index is 2.37. The highest BCUT2D eigenvalue weighted by atomic mass is 16.1. The molecule has 2 rings (SSSR count). The Bertz CT molecular complexity index is 557. The molecule has 0 fully saturated rings. The first-order valence-corrected chi connectivity index (χ1v) is 6.16. The van der Waals surface area contributed by atoms with Gasteiger partial charge in [0.15, 0.2) is 0 Å². The molecule has 1 amide bonds. The van der Waals surface area contributed by atoms with Gasteiger partial charge in [-0.2, -0.15) is 0 Å². The van der Waals surface area contributed by atoms with E-state index in [1.165, 1.54) is 10.9 Å². The number of nitrogens with one attached hydrogen (secondary N) is 1. The number of nitrogens with zero attached hydrogens (tertiary/aromatic N) is 1. The number of aromatic nitrogens is 1. The van der Waals surface area contributed by atoms with Gasteiger partial charge in [0.1, 0.15) is 6.54 Å². The quantitative estimate of drug-likeness (QED) is 0.841. The number of fused-ring (bicyclic) bond motifs is 1. The van der Waals surface area contributed by atoms with Crippen molar-refractivity contribution < 1.29 is 4.79 Å². The van der Waals surface area contributed by atoms with Gasteiger partial charge in [0, 0.05) is 29.7 Å². The van der Waals surface area contributed by atoms with Crippen LogP contribution < -0.4 is 11.1 Å². The number of amides is 1. The minimum atomic E-state index is -0.320.